The molecule has 2 aliphatic carbocycles. The molecule has 1 amide bonds. The van der Waals surface area contributed by atoms with Gasteiger partial charge in [-0.1, -0.05) is 19.0 Å². The molecule has 1 aromatic heterocycles. The maximum atomic E-state index is 12.7. The van der Waals surface area contributed by atoms with Crippen molar-refractivity contribution >= 4 is 5.91 Å². The van der Waals surface area contributed by atoms with Crippen LogP contribution in [0.5, 0.6) is 0 Å². The predicted molar refractivity (Wildman–Crippen MR) is 87.1 cm³/mol. The second-order valence-corrected chi connectivity index (χ2v) is 7.93. The number of nitrogens with zero attached hydrogens (tertiary/aromatic N) is 2. The van der Waals surface area contributed by atoms with Crippen LogP contribution in [0, 0.1) is 23.7 Å². The molecular weight excluding hydrogens is 306 g/mol. The minimum atomic E-state index is -0.179. The number of ether oxygens (including phenoxy) is 1. The Balaban J connectivity index is 1.47. The van der Waals surface area contributed by atoms with Gasteiger partial charge in [-0.05, 0) is 49.9 Å². The van der Waals surface area contributed by atoms with Crippen LogP contribution in [0.25, 0.3) is 0 Å². The van der Waals surface area contributed by atoms with Crippen molar-refractivity contribution in [3.63, 3.8) is 0 Å². The van der Waals surface area contributed by atoms with Crippen LogP contribution < -0.4 is 5.32 Å². The lowest BCUT2D eigenvalue weighted by atomic mass is 9.91. The number of amides is 1. The van der Waals surface area contributed by atoms with Crippen LogP contribution in [0.1, 0.15) is 69.6 Å². The van der Waals surface area contributed by atoms with E-state index in [4.69, 9.17) is 9.26 Å². The van der Waals surface area contributed by atoms with Crippen LogP contribution in [0.4, 0.5) is 0 Å². The van der Waals surface area contributed by atoms with Crippen LogP contribution in [-0.4, -0.2) is 29.3 Å². The van der Waals surface area contributed by atoms with Gasteiger partial charge in [0.1, 0.15) is 6.04 Å². The third-order valence-corrected chi connectivity index (χ3v) is 5.68. The lowest BCUT2D eigenvalue weighted by molar-refractivity contribution is -0.124. The van der Waals surface area contributed by atoms with Gasteiger partial charge in [-0.25, -0.2) is 0 Å². The average molecular weight is 333 g/mol. The van der Waals surface area contributed by atoms with Crippen molar-refractivity contribution in [3.8, 4) is 0 Å². The Hall–Kier alpha value is -1.43. The molecule has 0 spiro atoms. The van der Waals surface area contributed by atoms with Gasteiger partial charge in [-0.2, -0.15) is 4.98 Å². The normalized spacial score (nSPS) is 28.8. The molecule has 2 heterocycles. The van der Waals surface area contributed by atoms with E-state index in [1.165, 1.54) is 12.8 Å². The summed E-state index contributed by atoms with van der Waals surface area (Å²) in [5.74, 6) is 3.59. The molecule has 6 heteroatoms. The van der Waals surface area contributed by atoms with Crippen molar-refractivity contribution in [2.24, 2.45) is 23.7 Å². The highest BCUT2D eigenvalue weighted by atomic mass is 16.5. The molecule has 1 aromatic rings. The summed E-state index contributed by atoms with van der Waals surface area (Å²) in [5, 5.41) is 7.32. The molecule has 24 heavy (non-hydrogen) atoms. The largest absolute Gasteiger partial charge is 0.381 e. The standard InChI is InChI=1S/C18H27N3O3/c1-10(2)16-20-18(24-21-16)15(12-5-7-23-8-6-12)19-17(22)14-9-13(14)11-3-4-11/h10-15H,3-9H2,1-2H3,(H,19,22)/t13-,14+,15-/m1/s1. The highest BCUT2D eigenvalue weighted by Crippen LogP contribution is 2.54. The Bertz CT molecular complexity index is 590. The highest BCUT2D eigenvalue weighted by Gasteiger charge is 2.51. The fraction of sp³-hybridized carbons (Fsp3) is 0.833. The Labute approximate surface area is 142 Å². The minimum Gasteiger partial charge on any atom is -0.381 e. The van der Waals surface area contributed by atoms with E-state index < -0.39 is 0 Å². The molecule has 6 nitrogen and oxygen atoms in total. The Kier molecular flexibility index (Phi) is 4.33. The van der Waals surface area contributed by atoms with E-state index in [-0.39, 0.29) is 23.8 Å². The van der Waals surface area contributed by atoms with Crippen molar-refractivity contribution in [2.45, 2.75) is 57.9 Å². The summed E-state index contributed by atoms with van der Waals surface area (Å²) < 4.78 is 11.0. The lowest BCUT2D eigenvalue weighted by Gasteiger charge is -2.28. The zero-order valence-corrected chi connectivity index (χ0v) is 14.5. The molecule has 1 aliphatic heterocycles. The van der Waals surface area contributed by atoms with E-state index in [2.05, 4.69) is 15.5 Å². The van der Waals surface area contributed by atoms with Crippen molar-refractivity contribution in [1.82, 2.24) is 15.5 Å². The zero-order valence-electron chi connectivity index (χ0n) is 14.5. The molecule has 1 N–H and O–H groups in total. The van der Waals surface area contributed by atoms with Gasteiger partial charge in [0.05, 0.1) is 0 Å². The lowest BCUT2D eigenvalue weighted by Crippen LogP contribution is -2.37. The van der Waals surface area contributed by atoms with Crippen LogP contribution in [0.15, 0.2) is 4.52 Å². The van der Waals surface area contributed by atoms with Gasteiger partial charge in [-0.15, -0.1) is 0 Å². The summed E-state index contributed by atoms with van der Waals surface area (Å²) in [5.41, 5.74) is 0. The van der Waals surface area contributed by atoms with E-state index in [0.717, 1.165) is 38.4 Å². The molecule has 0 aromatic carbocycles. The summed E-state index contributed by atoms with van der Waals surface area (Å²) >= 11 is 0. The first-order chi connectivity index (χ1) is 11.6. The Morgan fingerprint density at radius 2 is 1.96 bits per heavy atom. The third-order valence-electron chi connectivity index (χ3n) is 5.68. The second-order valence-electron chi connectivity index (χ2n) is 7.93. The number of hydrogen-bond donors (Lipinski definition) is 1. The second kappa shape index (κ2) is 6.47. The summed E-state index contributed by atoms with van der Waals surface area (Å²) in [6.07, 6.45) is 5.50. The summed E-state index contributed by atoms with van der Waals surface area (Å²) in [4.78, 5) is 17.2. The van der Waals surface area contributed by atoms with E-state index in [0.29, 0.717) is 23.6 Å². The molecule has 3 aliphatic rings. The van der Waals surface area contributed by atoms with Gasteiger partial charge in [0.25, 0.3) is 0 Å². The van der Waals surface area contributed by atoms with E-state index in [1.54, 1.807) is 0 Å². The first-order valence-corrected chi connectivity index (χ1v) is 9.35. The van der Waals surface area contributed by atoms with Crippen LogP contribution in [-0.2, 0) is 9.53 Å². The molecule has 4 rings (SSSR count). The van der Waals surface area contributed by atoms with Gasteiger partial charge in [0, 0.05) is 25.0 Å². The fourth-order valence-electron chi connectivity index (χ4n) is 3.86. The van der Waals surface area contributed by atoms with Gasteiger partial charge in [0.15, 0.2) is 5.82 Å². The van der Waals surface area contributed by atoms with E-state index >= 15 is 0 Å². The zero-order chi connectivity index (χ0) is 16.7. The number of carbonyl (C=O) groups is 1. The molecule has 3 atom stereocenters. The van der Waals surface area contributed by atoms with Gasteiger partial charge in [-0.3, -0.25) is 4.79 Å². The highest BCUT2D eigenvalue weighted by molar-refractivity contribution is 5.82. The predicted octanol–water partition coefficient (Wildman–Crippen LogP) is 2.82. The quantitative estimate of drug-likeness (QED) is 0.866. The molecule has 3 fully saturated rings. The molecule has 0 radical (unpaired) electrons. The first-order valence-electron chi connectivity index (χ1n) is 9.35. The summed E-state index contributed by atoms with van der Waals surface area (Å²) in [6.45, 7) is 5.55. The number of nitrogens with one attached hydrogen (secondary N) is 1. The van der Waals surface area contributed by atoms with Gasteiger partial charge in [0.2, 0.25) is 11.8 Å². The van der Waals surface area contributed by atoms with Crippen LogP contribution in [0.3, 0.4) is 0 Å². The van der Waals surface area contributed by atoms with Crippen molar-refractivity contribution < 1.29 is 14.1 Å². The van der Waals surface area contributed by atoms with Crippen molar-refractivity contribution in [2.75, 3.05) is 13.2 Å². The molecule has 1 saturated heterocycles. The molecule has 132 valence electrons. The Morgan fingerprint density at radius 3 is 2.58 bits per heavy atom. The van der Waals surface area contributed by atoms with Gasteiger partial charge >= 0.3 is 0 Å². The molecule has 2 saturated carbocycles. The smallest absolute Gasteiger partial charge is 0.249 e. The average Bonchev–Trinajstić information content (AvgIpc) is 3.49. The SMILES string of the molecule is CC(C)c1noc([C@H](NC(=O)[C@H]2C[C@@H]2C2CC2)C2CCOCC2)n1. The molecule has 0 bridgehead atoms. The summed E-state index contributed by atoms with van der Waals surface area (Å²) in [6, 6.07) is -0.179. The third kappa shape index (κ3) is 3.34. The van der Waals surface area contributed by atoms with Crippen LogP contribution >= 0.6 is 0 Å². The number of rotatable bonds is 6. The maximum Gasteiger partial charge on any atom is 0.249 e. The molecular formula is C18H27N3O3. The van der Waals surface area contributed by atoms with Crippen molar-refractivity contribution in [1.29, 1.82) is 0 Å². The number of carbonyl (C=O) groups excluding carboxylic acids is 1. The maximum absolute atomic E-state index is 12.7. The number of aromatic nitrogens is 2. The van der Waals surface area contributed by atoms with E-state index in [9.17, 15) is 4.79 Å². The van der Waals surface area contributed by atoms with Crippen molar-refractivity contribution in [3.05, 3.63) is 11.7 Å². The summed E-state index contributed by atoms with van der Waals surface area (Å²) in [7, 11) is 0. The fourth-order valence-corrected chi connectivity index (χ4v) is 3.86. The minimum absolute atomic E-state index is 0.174. The molecule has 0 unspecified atom stereocenters. The van der Waals surface area contributed by atoms with Gasteiger partial charge < -0.3 is 14.6 Å². The monoisotopic (exact) mass is 333 g/mol. The Morgan fingerprint density at radius 1 is 1.21 bits per heavy atom. The van der Waals surface area contributed by atoms with E-state index in [1.807, 2.05) is 13.8 Å². The number of hydrogen-bond acceptors (Lipinski definition) is 5. The first kappa shape index (κ1) is 16.1. The van der Waals surface area contributed by atoms with Crippen LogP contribution in [0.2, 0.25) is 0 Å². The topological polar surface area (TPSA) is 77.2 Å².